The first-order chi connectivity index (χ1) is 7.68. The van der Waals surface area contributed by atoms with Gasteiger partial charge in [-0.2, -0.15) is 0 Å². The predicted octanol–water partition coefficient (Wildman–Crippen LogP) is 1.20. The normalized spacial score (nSPS) is 9.75. The van der Waals surface area contributed by atoms with Gasteiger partial charge < -0.3 is 10.5 Å². The quantitative estimate of drug-likeness (QED) is 0.732. The summed E-state index contributed by atoms with van der Waals surface area (Å²) in [5.74, 6) is -0.850. The van der Waals surface area contributed by atoms with Gasteiger partial charge in [-0.15, -0.1) is 0 Å². The summed E-state index contributed by atoms with van der Waals surface area (Å²) < 4.78 is 5.00. The van der Waals surface area contributed by atoms with Crippen LogP contribution in [-0.4, -0.2) is 11.9 Å². The van der Waals surface area contributed by atoms with Crippen LogP contribution in [0.25, 0.3) is 0 Å². The van der Waals surface area contributed by atoms with Gasteiger partial charge in [-0.25, -0.2) is 0 Å². The van der Waals surface area contributed by atoms with E-state index in [4.69, 9.17) is 10.5 Å². The Balaban J connectivity index is 2.18. The van der Waals surface area contributed by atoms with Crippen molar-refractivity contribution in [1.29, 1.82) is 0 Å². The van der Waals surface area contributed by atoms with E-state index in [-0.39, 0.29) is 19.0 Å². The molecule has 0 saturated carbocycles. The van der Waals surface area contributed by atoms with Gasteiger partial charge in [0.2, 0.25) is 5.91 Å². The lowest BCUT2D eigenvalue weighted by Gasteiger charge is -2.03. The summed E-state index contributed by atoms with van der Waals surface area (Å²) in [6, 6.07) is 9.41. The van der Waals surface area contributed by atoms with Gasteiger partial charge in [-0.05, 0) is 12.0 Å². The van der Waals surface area contributed by atoms with Gasteiger partial charge in [-0.3, -0.25) is 9.59 Å². The largest absolute Gasteiger partial charge is 0.461 e. The van der Waals surface area contributed by atoms with Crippen LogP contribution in [0.5, 0.6) is 0 Å². The van der Waals surface area contributed by atoms with Gasteiger partial charge in [-0.1, -0.05) is 30.3 Å². The zero-order valence-corrected chi connectivity index (χ0v) is 8.89. The van der Waals surface area contributed by atoms with Crippen molar-refractivity contribution in [3.05, 3.63) is 42.3 Å². The molecule has 0 aliphatic carbocycles. The Hall–Kier alpha value is -1.84. The smallest absolute Gasteiger partial charge is 0.306 e. The number of hydrogen-bond donors (Lipinski definition) is 1. The van der Waals surface area contributed by atoms with Crippen molar-refractivity contribution < 1.29 is 14.3 Å². The van der Waals surface area contributed by atoms with Crippen molar-refractivity contribution in [2.45, 2.75) is 19.4 Å². The van der Waals surface area contributed by atoms with E-state index in [0.29, 0.717) is 6.42 Å². The zero-order chi connectivity index (χ0) is 11.8. The summed E-state index contributed by atoms with van der Waals surface area (Å²) in [6.45, 7) is 0.260. The number of esters is 1. The highest BCUT2D eigenvalue weighted by Crippen LogP contribution is 2.03. The monoisotopic (exact) mass is 220 g/mol. The lowest BCUT2D eigenvalue weighted by molar-refractivity contribution is -0.144. The maximum absolute atomic E-state index is 11.2. The van der Waals surface area contributed by atoms with Gasteiger partial charge in [0.25, 0.3) is 0 Å². The number of primary amides is 1. The van der Waals surface area contributed by atoms with Gasteiger partial charge in [0, 0.05) is 12.8 Å². The average molecular weight is 220 g/mol. The number of carbonyl (C=O) groups is 2. The highest BCUT2D eigenvalue weighted by molar-refractivity contribution is 5.83. The summed E-state index contributed by atoms with van der Waals surface area (Å²) in [7, 11) is 0. The van der Waals surface area contributed by atoms with E-state index in [1.165, 1.54) is 6.42 Å². The highest BCUT2D eigenvalue weighted by Gasteiger charge is 2.04. The standard InChI is InChI=1S/C12H14NO3/c13-11(14)7-4-8-12(15)16-9-10-5-2-1-3-6-10/h1-3,5-7H,4,8-9H2,(H2,13,14). The first kappa shape index (κ1) is 12.2. The van der Waals surface area contributed by atoms with Crippen LogP contribution < -0.4 is 5.73 Å². The Morgan fingerprint density at radius 1 is 1.25 bits per heavy atom. The van der Waals surface area contributed by atoms with Crippen molar-refractivity contribution in [1.82, 2.24) is 0 Å². The lowest BCUT2D eigenvalue weighted by atomic mass is 10.2. The van der Waals surface area contributed by atoms with E-state index in [1.54, 1.807) is 0 Å². The van der Waals surface area contributed by atoms with Crippen molar-refractivity contribution in [3.63, 3.8) is 0 Å². The van der Waals surface area contributed by atoms with E-state index in [0.717, 1.165) is 5.56 Å². The molecule has 0 fully saturated rings. The van der Waals surface area contributed by atoms with Crippen LogP contribution in [0.15, 0.2) is 30.3 Å². The van der Waals surface area contributed by atoms with Crippen LogP contribution in [0.4, 0.5) is 0 Å². The molecule has 4 nitrogen and oxygen atoms in total. The number of carbonyl (C=O) groups excluding carboxylic acids is 2. The summed E-state index contributed by atoms with van der Waals surface area (Å²) in [5, 5.41) is 0. The first-order valence-electron chi connectivity index (χ1n) is 5.00. The number of amides is 1. The van der Waals surface area contributed by atoms with Crippen LogP contribution >= 0.6 is 0 Å². The molecule has 0 spiro atoms. The molecule has 1 aromatic rings. The fraction of sp³-hybridized carbons (Fsp3) is 0.250. The molecule has 0 aliphatic rings. The van der Waals surface area contributed by atoms with Crippen molar-refractivity contribution in [3.8, 4) is 0 Å². The summed E-state index contributed by atoms with van der Waals surface area (Å²) in [5.41, 5.74) is 5.84. The van der Waals surface area contributed by atoms with Gasteiger partial charge in [0.05, 0.1) is 0 Å². The maximum atomic E-state index is 11.2. The molecule has 0 aliphatic heterocycles. The van der Waals surface area contributed by atoms with E-state index in [1.807, 2.05) is 30.3 Å². The Labute approximate surface area is 94.4 Å². The SMILES string of the molecule is NC(=O)[CH]CCC(=O)OCc1ccccc1. The molecule has 0 unspecified atom stereocenters. The third kappa shape index (κ3) is 5.14. The molecule has 85 valence electrons. The molecule has 0 aromatic heterocycles. The Kier molecular flexibility index (Phi) is 5.05. The number of hydrogen-bond acceptors (Lipinski definition) is 3. The number of ether oxygens (including phenoxy) is 1. The van der Waals surface area contributed by atoms with Gasteiger partial charge >= 0.3 is 5.97 Å². The molecule has 0 bridgehead atoms. The first-order valence-corrected chi connectivity index (χ1v) is 5.00. The molecule has 0 atom stereocenters. The van der Waals surface area contributed by atoms with Crippen LogP contribution in [0.3, 0.4) is 0 Å². The minimum Gasteiger partial charge on any atom is -0.461 e. The molecular weight excluding hydrogens is 206 g/mol. The molecule has 1 rings (SSSR count). The van der Waals surface area contributed by atoms with Crippen molar-refractivity contribution in [2.75, 3.05) is 0 Å². The maximum Gasteiger partial charge on any atom is 0.306 e. The second kappa shape index (κ2) is 6.61. The van der Waals surface area contributed by atoms with Crippen molar-refractivity contribution >= 4 is 11.9 Å². The van der Waals surface area contributed by atoms with E-state index in [2.05, 4.69) is 0 Å². The second-order valence-corrected chi connectivity index (χ2v) is 3.29. The predicted molar refractivity (Wildman–Crippen MR) is 59.0 cm³/mol. The number of nitrogens with two attached hydrogens (primary N) is 1. The minimum absolute atomic E-state index is 0.176. The Morgan fingerprint density at radius 2 is 1.94 bits per heavy atom. The Morgan fingerprint density at radius 3 is 2.56 bits per heavy atom. The fourth-order valence-electron chi connectivity index (χ4n) is 1.14. The zero-order valence-electron chi connectivity index (χ0n) is 8.89. The number of benzene rings is 1. The molecule has 0 heterocycles. The molecule has 16 heavy (non-hydrogen) atoms. The molecule has 4 heteroatoms. The summed E-state index contributed by atoms with van der Waals surface area (Å²) in [4.78, 5) is 21.6. The second-order valence-electron chi connectivity index (χ2n) is 3.29. The van der Waals surface area contributed by atoms with Gasteiger partial charge in [0.1, 0.15) is 6.61 Å². The van der Waals surface area contributed by atoms with Gasteiger partial charge in [0.15, 0.2) is 0 Å². The van der Waals surface area contributed by atoms with Crippen LogP contribution in [0, 0.1) is 6.42 Å². The summed E-state index contributed by atoms with van der Waals surface area (Å²) >= 11 is 0. The number of rotatable bonds is 6. The van der Waals surface area contributed by atoms with Crippen LogP contribution in [0.2, 0.25) is 0 Å². The highest BCUT2D eigenvalue weighted by atomic mass is 16.5. The van der Waals surface area contributed by atoms with E-state index in [9.17, 15) is 9.59 Å². The van der Waals surface area contributed by atoms with Crippen molar-refractivity contribution in [2.24, 2.45) is 5.73 Å². The third-order valence-electron chi connectivity index (χ3n) is 1.94. The average Bonchev–Trinajstić information content (AvgIpc) is 2.27. The molecule has 0 saturated heterocycles. The summed E-state index contributed by atoms with van der Waals surface area (Å²) in [6.07, 6.45) is 1.77. The molecular formula is C12H14NO3. The minimum atomic E-state index is -0.518. The van der Waals surface area contributed by atoms with Crippen LogP contribution in [-0.2, 0) is 20.9 Å². The molecule has 1 aromatic carbocycles. The van der Waals surface area contributed by atoms with E-state index >= 15 is 0 Å². The Bertz CT molecular complexity index is 349. The molecule has 1 amide bonds. The van der Waals surface area contributed by atoms with Crippen LogP contribution in [0.1, 0.15) is 18.4 Å². The fourth-order valence-corrected chi connectivity index (χ4v) is 1.14. The molecule has 2 N–H and O–H groups in total. The topological polar surface area (TPSA) is 69.4 Å². The third-order valence-corrected chi connectivity index (χ3v) is 1.94. The molecule has 1 radical (unpaired) electrons. The van der Waals surface area contributed by atoms with E-state index < -0.39 is 5.91 Å². The lowest BCUT2D eigenvalue weighted by Crippen LogP contribution is -2.12.